The zero-order chi connectivity index (χ0) is 13.8. The summed E-state index contributed by atoms with van der Waals surface area (Å²) in [7, 11) is 1.72. The Kier molecular flexibility index (Phi) is 4.59. The predicted octanol–water partition coefficient (Wildman–Crippen LogP) is 3.77. The van der Waals surface area contributed by atoms with Crippen molar-refractivity contribution in [2.24, 2.45) is 11.8 Å². The molecule has 1 saturated carbocycles. The SMILES string of the molecule is C=C[C@H](OC)[C@@H]1CC[C@H]1CNc1cc(C)ccc1F. The van der Waals surface area contributed by atoms with Gasteiger partial charge in [0.2, 0.25) is 0 Å². The largest absolute Gasteiger partial charge is 0.382 e. The number of nitrogens with one attached hydrogen (secondary N) is 1. The van der Waals surface area contributed by atoms with Crippen LogP contribution in [0.5, 0.6) is 0 Å². The van der Waals surface area contributed by atoms with Gasteiger partial charge in [-0.3, -0.25) is 0 Å². The van der Waals surface area contributed by atoms with E-state index in [9.17, 15) is 4.39 Å². The number of aryl methyl sites for hydroxylation is 1. The van der Waals surface area contributed by atoms with E-state index in [2.05, 4.69) is 11.9 Å². The Labute approximate surface area is 114 Å². The van der Waals surface area contributed by atoms with E-state index in [4.69, 9.17) is 4.74 Å². The van der Waals surface area contributed by atoms with E-state index in [1.165, 1.54) is 12.5 Å². The molecule has 0 radical (unpaired) electrons. The average Bonchev–Trinajstić information content (AvgIpc) is 2.38. The minimum atomic E-state index is -0.187. The summed E-state index contributed by atoms with van der Waals surface area (Å²) in [5.41, 5.74) is 1.66. The van der Waals surface area contributed by atoms with E-state index in [-0.39, 0.29) is 11.9 Å². The molecule has 1 aliphatic carbocycles. The van der Waals surface area contributed by atoms with Gasteiger partial charge in [-0.1, -0.05) is 12.1 Å². The molecule has 0 unspecified atom stereocenters. The minimum absolute atomic E-state index is 0.114. The first-order valence-corrected chi connectivity index (χ1v) is 6.81. The summed E-state index contributed by atoms with van der Waals surface area (Å²) in [5, 5.41) is 3.22. The molecule has 0 amide bonds. The van der Waals surface area contributed by atoms with Crippen molar-refractivity contribution in [1.29, 1.82) is 0 Å². The fourth-order valence-corrected chi connectivity index (χ4v) is 2.74. The van der Waals surface area contributed by atoms with E-state index < -0.39 is 0 Å². The highest BCUT2D eigenvalue weighted by Gasteiger charge is 2.35. The van der Waals surface area contributed by atoms with E-state index >= 15 is 0 Å². The second-order valence-corrected chi connectivity index (χ2v) is 5.30. The van der Waals surface area contributed by atoms with Crippen LogP contribution in [-0.4, -0.2) is 19.8 Å². The molecule has 0 bridgehead atoms. The van der Waals surface area contributed by atoms with Crippen molar-refractivity contribution >= 4 is 5.69 Å². The van der Waals surface area contributed by atoms with Crippen LogP contribution in [0.15, 0.2) is 30.9 Å². The molecule has 2 nitrogen and oxygen atoms in total. The van der Waals surface area contributed by atoms with Crippen LogP contribution in [0.3, 0.4) is 0 Å². The zero-order valence-corrected chi connectivity index (χ0v) is 11.7. The van der Waals surface area contributed by atoms with Crippen LogP contribution in [-0.2, 0) is 4.74 Å². The number of benzene rings is 1. The van der Waals surface area contributed by atoms with Gasteiger partial charge in [-0.2, -0.15) is 0 Å². The van der Waals surface area contributed by atoms with Gasteiger partial charge in [-0.05, 0) is 49.3 Å². The Morgan fingerprint density at radius 3 is 2.89 bits per heavy atom. The lowest BCUT2D eigenvalue weighted by Gasteiger charge is -2.40. The second kappa shape index (κ2) is 6.20. The van der Waals surface area contributed by atoms with Gasteiger partial charge in [-0.25, -0.2) is 4.39 Å². The number of halogens is 1. The Hall–Kier alpha value is -1.35. The van der Waals surface area contributed by atoms with E-state index in [0.29, 0.717) is 17.5 Å². The van der Waals surface area contributed by atoms with Crippen molar-refractivity contribution < 1.29 is 9.13 Å². The first kappa shape index (κ1) is 14.1. The Morgan fingerprint density at radius 2 is 2.32 bits per heavy atom. The molecule has 0 aromatic heterocycles. The van der Waals surface area contributed by atoms with Gasteiger partial charge in [0.05, 0.1) is 11.8 Å². The molecule has 0 heterocycles. The summed E-state index contributed by atoms with van der Waals surface area (Å²) < 4.78 is 19.0. The number of hydrogen-bond acceptors (Lipinski definition) is 2. The molecular weight excluding hydrogens is 241 g/mol. The minimum Gasteiger partial charge on any atom is -0.382 e. The van der Waals surface area contributed by atoms with Crippen molar-refractivity contribution in [2.75, 3.05) is 19.0 Å². The normalized spacial score (nSPS) is 23.5. The summed E-state index contributed by atoms with van der Waals surface area (Å²) >= 11 is 0. The highest BCUT2D eigenvalue weighted by molar-refractivity contribution is 5.47. The molecule has 104 valence electrons. The lowest BCUT2D eigenvalue weighted by Crippen LogP contribution is -2.39. The van der Waals surface area contributed by atoms with Gasteiger partial charge in [0.25, 0.3) is 0 Å². The fourth-order valence-electron chi connectivity index (χ4n) is 2.74. The van der Waals surface area contributed by atoms with Crippen LogP contribution < -0.4 is 5.32 Å². The molecule has 3 heteroatoms. The summed E-state index contributed by atoms with van der Waals surface area (Å²) in [6.07, 6.45) is 4.30. The van der Waals surface area contributed by atoms with Gasteiger partial charge >= 0.3 is 0 Å². The number of methoxy groups -OCH3 is 1. The highest BCUT2D eigenvalue weighted by Crippen LogP contribution is 2.38. The highest BCUT2D eigenvalue weighted by atomic mass is 19.1. The summed E-state index contributed by atoms with van der Waals surface area (Å²) in [5.74, 6) is 0.846. The number of ether oxygens (including phenoxy) is 1. The molecule has 1 fully saturated rings. The molecule has 0 aliphatic heterocycles. The number of anilines is 1. The van der Waals surface area contributed by atoms with Crippen LogP contribution in [0.1, 0.15) is 18.4 Å². The number of hydrogen-bond donors (Lipinski definition) is 1. The third-order valence-corrected chi connectivity index (χ3v) is 4.08. The maximum Gasteiger partial charge on any atom is 0.146 e. The Bertz CT molecular complexity index is 446. The van der Waals surface area contributed by atoms with Crippen molar-refractivity contribution in [1.82, 2.24) is 0 Å². The molecule has 2 rings (SSSR count). The maximum atomic E-state index is 13.6. The molecule has 1 N–H and O–H groups in total. The van der Waals surface area contributed by atoms with Gasteiger partial charge in [-0.15, -0.1) is 6.58 Å². The Balaban J connectivity index is 1.92. The predicted molar refractivity (Wildman–Crippen MR) is 76.8 cm³/mol. The molecule has 19 heavy (non-hydrogen) atoms. The first-order chi connectivity index (χ1) is 9.15. The van der Waals surface area contributed by atoms with Crippen molar-refractivity contribution in [3.63, 3.8) is 0 Å². The molecule has 1 aliphatic rings. The van der Waals surface area contributed by atoms with Crippen LogP contribution in [0.25, 0.3) is 0 Å². The lowest BCUT2D eigenvalue weighted by atomic mass is 9.70. The third-order valence-electron chi connectivity index (χ3n) is 4.08. The van der Waals surface area contributed by atoms with Gasteiger partial charge < -0.3 is 10.1 Å². The molecular formula is C16H22FNO. The molecule has 1 aromatic rings. The van der Waals surface area contributed by atoms with Crippen molar-refractivity contribution in [3.05, 3.63) is 42.2 Å². The molecule has 0 spiro atoms. The van der Waals surface area contributed by atoms with E-state index in [1.807, 2.05) is 19.1 Å². The average molecular weight is 263 g/mol. The molecule has 3 atom stereocenters. The third kappa shape index (κ3) is 3.16. The lowest BCUT2D eigenvalue weighted by molar-refractivity contribution is 0.0160. The first-order valence-electron chi connectivity index (χ1n) is 6.81. The Morgan fingerprint density at radius 1 is 1.53 bits per heavy atom. The van der Waals surface area contributed by atoms with E-state index in [0.717, 1.165) is 18.5 Å². The second-order valence-electron chi connectivity index (χ2n) is 5.30. The summed E-state index contributed by atoms with van der Waals surface area (Å²) in [6, 6.07) is 5.15. The van der Waals surface area contributed by atoms with Gasteiger partial charge in [0.1, 0.15) is 5.82 Å². The topological polar surface area (TPSA) is 21.3 Å². The quantitative estimate of drug-likeness (QED) is 0.789. The zero-order valence-electron chi connectivity index (χ0n) is 11.7. The fraction of sp³-hybridized carbons (Fsp3) is 0.500. The number of rotatable bonds is 6. The van der Waals surface area contributed by atoms with Crippen LogP contribution in [0.4, 0.5) is 10.1 Å². The van der Waals surface area contributed by atoms with Crippen LogP contribution in [0, 0.1) is 24.6 Å². The van der Waals surface area contributed by atoms with E-state index in [1.54, 1.807) is 13.2 Å². The summed E-state index contributed by atoms with van der Waals surface area (Å²) in [4.78, 5) is 0. The van der Waals surface area contributed by atoms with Gasteiger partial charge in [0, 0.05) is 13.7 Å². The maximum absolute atomic E-state index is 13.6. The summed E-state index contributed by atoms with van der Waals surface area (Å²) in [6.45, 7) is 6.57. The smallest absolute Gasteiger partial charge is 0.146 e. The monoisotopic (exact) mass is 263 g/mol. The molecule has 0 saturated heterocycles. The van der Waals surface area contributed by atoms with Crippen LogP contribution >= 0.6 is 0 Å². The van der Waals surface area contributed by atoms with Crippen LogP contribution in [0.2, 0.25) is 0 Å². The van der Waals surface area contributed by atoms with Crippen molar-refractivity contribution in [2.45, 2.75) is 25.9 Å². The van der Waals surface area contributed by atoms with Crippen molar-refractivity contribution in [3.8, 4) is 0 Å². The van der Waals surface area contributed by atoms with Gasteiger partial charge in [0.15, 0.2) is 0 Å². The standard InChI is InChI=1S/C16H22FNO/c1-4-16(19-3)13-7-6-12(13)10-18-15-9-11(2)5-8-14(15)17/h4-5,8-9,12-13,16,18H,1,6-7,10H2,2-3H3/t12-,13+,16-/m0/s1. The molecule has 1 aromatic carbocycles.